The Balaban J connectivity index is 3.54. The molecule has 9 heteroatoms. The van der Waals surface area contributed by atoms with Gasteiger partial charge in [0.2, 0.25) is 0 Å². The molecule has 1 rings (SSSR count). The van der Waals surface area contributed by atoms with Gasteiger partial charge < -0.3 is 9.29 Å². The van der Waals surface area contributed by atoms with Crippen molar-refractivity contribution in [1.82, 2.24) is 0 Å². The molecule has 0 saturated carbocycles. The van der Waals surface area contributed by atoms with Gasteiger partial charge in [0.25, 0.3) is 0 Å². The van der Waals surface area contributed by atoms with Crippen LogP contribution in [-0.4, -0.2) is 25.0 Å². The second kappa shape index (κ2) is 5.55. The first-order valence-corrected chi connectivity index (χ1v) is 7.16. The van der Waals surface area contributed by atoms with Crippen molar-refractivity contribution < 1.29 is 35.7 Å². The lowest BCUT2D eigenvalue weighted by atomic mass is 9.94. The maximum atomic E-state index is 12.4. The van der Waals surface area contributed by atoms with Crippen molar-refractivity contribution in [2.45, 2.75) is 32.2 Å². The number of carboxylic acid groups (broad SMARTS) is 1. The van der Waals surface area contributed by atoms with Gasteiger partial charge >= 0.3 is 21.6 Å². The number of carbonyl (C=O) groups is 1. The van der Waals surface area contributed by atoms with E-state index in [-0.39, 0.29) is 11.5 Å². The minimum absolute atomic E-state index is 0.190. The summed E-state index contributed by atoms with van der Waals surface area (Å²) in [5.41, 5.74) is -5.65. The first kappa shape index (κ1) is 17.3. The molecule has 0 heterocycles. The predicted octanol–water partition coefficient (Wildman–Crippen LogP) is 3.05. The summed E-state index contributed by atoms with van der Waals surface area (Å²) in [6.45, 7) is 4.75. The fourth-order valence-corrected chi connectivity index (χ4v) is 2.16. The van der Waals surface area contributed by atoms with Crippen molar-refractivity contribution in [3.63, 3.8) is 0 Å². The van der Waals surface area contributed by atoms with E-state index in [2.05, 4.69) is 4.18 Å². The van der Waals surface area contributed by atoms with Gasteiger partial charge in [-0.2, -0.15) is 21.6 Å². The van der Waals surface area contributed by atoms with Crippen LogP contribution in [0.3, 0.4) is 0 Å². The summed E-state index contributed by atoms with van der Waals surface area (Å²) in [5.74, 6) is -2.75. The van der Waals surface area contributed by atoms with Crippen LogP contribution in [0.4, 0.5) is 13.2 Å². The van der Waals surface area contributed by atoms with Gasteiger partial charge in [-0.05, 0) is 30.0 Å². The number of hydrogen-bond acceptors (Lipinski definition) is 4. The highest BCUT2D eigenvalue weighted by Gasteiger charge is 2.49. The maximum Gasteiger partial charge on any atom is 0.534 e. The molecule has 0 unspecified atom stereocenters. The van der Waals surface area contributed by atoms with Crippen LogP contribution < -0.4 is 4.18 Å². The molecule has 0 amide bonds. The molecule has 0 saturated heterocycles. The van der Waals surface area contributed by atoms with Gasteiger partial charge in [0.15, 0.2) is 5.75 Å². The predicted molar refractivity (Wildman–Crippen MR) is 67.8 cm³/mol. The van der Waals surface area contributed by atoms with Crippen molar-refractivity contribution in [3.8, 4) is 5.75 Å². The van der Waals surface area contributed by atoms with E-state index in [1.54, 1.807) is 13.8 Å². The van der Waals surface area contributed by atoms with Gasteiger partial charge in [0.1, 0.15) is 5.56 Å². The molecule has 21 heavy (non-hydrogen) atoms. The van der Waals surface area contributed by atoms with Gasteiger partial charge in [-0.15, -0.1) is 0 Å². The molecular formula is C12H13F3O5S. The molecule has 1 aromatic carbocycles. The zero-order valence-corrected chi connectivity index (χ0v) is 12.2. The van der Waals surface area contributed by atoms with E-state index < -0.39 is 32.9 Å². The van der Waals surface area contributed by atoms with E-state index in [0.717, 1.165) is 6.07 Å². The molecule has 118 valence electrons. The van der Waals surface area contributed by atoms with Crippen LogP contribution in [0.5, 0.6) is 5.75 Å². The fourth-order valence-electron chi connectivity index (χ4n) is 1.70. The van der Waals surface area contributed by atoms with Crippen LogP contribution in [0.2, 0.25) is 0 Å². The second-order valence-electron chi connectivity index (χ2n) is 4.67. The van der Waals surface area contributed by atoms with Crippen LogP contribution in [0.25, 0.3) is 0 Å². The van der Waals surface area contributed by atoms with E-state index in [0.29, 0.717) is 5.56 Å². The topological polar surface area (TPSA) is 80.7 Å². The molecule has 0 aliphatic carbocycles. The van der Waals surface area contributed by atoms with E-state index in [4.69, 9.17) is 5.11 Å². The molecule has 0 aromatic heterocycles. The monoisotopic (exact) mass is 326 g/mol. The van der Waals surface area contributed by atoms with Gasteiger partial charge in [-0.3, -0.25) is 0 Å². The molecule has 0 spiro atoms. The summed E-state index contributed by atoms with van der Waals surface area (Å²) in [5, 5.41) is 9.13. The van der Waals surface area contributed by atoms with E-state index in [1.807, 2.05) is 0 Å². The van der Waals surface area contributed by atoms with Gasteiger partial charge in [-0.1, -0.05) is 19.9 Å². The third kappa shape index (κ3) is 3.66. The normalized spacial score (nSPS) is 12.5. The number of carboxylic acids is 1. The summed E-state index contributed by atoms with van der Waals surface area (Å²) in [4.78, 5) is 11.2. The average molecular weight is 326 g/mol. The molecule has 0 fully saturated rings. The molecule has 1 N–H and O–H groups in total. The van der Waals surface area contributed by atoms with Crippen molar-refractivity contribution in [3.05, 3.63) is 28.8 Å². The number of benzene rings is 1. The number of hydrogen-bond donors (Lipinski definition) is 1. The Morgan fingerprint density at radius 3 is 2.19 bits per heavy atom. The Kier molecular flexibility index (Phi) is 4.57. The lowest BCUT2D eigenvalue weighted by Gasteiger charge is -2.16. The molecule has 0 radical (unpaired) electrons. The minimum Gasteiger partial charge on any atom is -0.478 e. The summed E-state index contributed by atoms with van der Waals surface area (Å²) >= 11 is 0. The summed E-state index contributed by atoms with van der Waals surface area (Å²) < 4.78 is 63.1. The quantitative estimate of drug-likeness (QED) is 0.679. The summed E-state index contributed by atoms with van der Waals surface area (Å²) in [6, 6.07) is 2.40. The SMILES string of the molecule is Cc1cc(OS(=O)(=O)C(F)(F)F)c(C(=O)O)c(C(C)C)c1. The lowest BCUT2D eigenvalue weighted by molar-refractivity contribution is -0.0500. The highest BCUT2D eigenvalue weighted by molar-refractivity contribution is 7.88. The highest BCUT2D eigenvalue weighted by Crippen LogP contribution is 2.34. The highest BCUT2D eigenvalue weighted by atomic mass is 32.2. The molecule has 5 nitrogen and oxygen atoms in total. The van der Waals surface area contributed by atoms with Crippen molar-refractivity contribution in [1.29, 1.82) is 0 Å². The molecule has 1 aromatic rings. The third-order valence-corrected chi connectivity index (χ3v) is 3.56. The number of alkyl halides is 3. The minimum atomic E-state index is -5.93. The van der Waals surface area contributed by atoms with Crippen molar-refractivity contribution in [2.75, 3.05) is 0 Å². The van der Waals surface area contributed by atoms with Gasteiger partial charge in [0.05, 0.1) is 0 Å². The van der Waals surface area contributed by atoms with Crippen LogP contribution in [0.1, 0.15) is 41.3 Å². The Labute approximate surface area is 119 Å². The van der Waals surface area contributed by atoms with Crippen molar-refractivity contribution in [2.24, 2.45) is 0 Å². The largest absolute Gasteiger partial charge is 0.534 e. The van der Waals surface area contributed by atoms with E-state index in [1.165, 1.54) is 13.0 Å². The number of halogens is 3. The Morgan fingerprint density at radius 1 is 1.29 bits per heavy atom. The fraction of sp³-hybridized carbons (Fsp3) is 0.417. The first-order valence-electron chi connectivity index (χ1n) is 5.75. The van der Waals surface area contributed by atoms with Crippen LogP contribution >= 0.6 is 0 Å². The Morgan fingerprint density at radius 2 is 1.81 bits per heavy atom. The lowest BCUT2D eigenvalue weighted by Crippen LogP contribution is -2.29. The number of aromatic carboxylic acids is 1. The zero-order chi connectivity index (χ0) is 16.6. The molecule has 0 aliphatic heterocycles. The average Bonchev–Trinajstić information content (AvgIpc) is 2.24. The number of aryl methyl sites for hydroxylation is 1. The zero-order valence-electron chi connectivity index (χ0n) is 11.4. The van der Waals surface area contributed by atoms with Gasteiger partial charge in [0, 0.05) is 0 Å². The smallest absolute Gasteiger partial charge is 0.478 e. The van der Waals surface area contributed by atoms with Crippen LogP contribution in [-0.2, 0) is 10.1 Å². The van der Waals surface area contributed by atoms with E-state index in [9.17, 15) is 26.4 Å². The molecule has 0 atom stereocenters. The maximum absolute atomic E-state index is 12.4. The van der Waals surface area contributed by atoms with Crippen molar-refractivity contribution >= 4 is 16.1 Å². The molecule has 0 aliphatic rings. The summed E-state index contributed by atoms with van der Waals surface area (Å²) in [7, 11) is -5.93. The first-order chi connectivity index (χ1) is 9.36. The Hall–Kier alpha value is -1.77. The molecular weight excluding hydrogens is 313 g/mol. The third-order valence-electron chi connectivity index (χ3n) is 2.60. The van der Waals surface area contributed by atoms with E-state index >= 15 is 0 Å². The molecule has 0 bridgehead atoms. The Bertz CT molecular complexity index is 662. The van der Waals surface area contributed by atoms with Gasteiger partial charge in [-0.25, -0.2) is 4.79 Å². The number of rotatable bonds is 4. The second-order valence-corrected chi connectivity index (χ2v) is 6.21. The van der Waals surface area contributed by atoms with Crippen LogP contribution in [0.15, 0.2) is 12.1 Å². The van der Waals surface area contributed by atoms with Crippen LogP contribution in [0, 0.1) is 6.92 Å². The standard InChI is InChI=1S/C12H13F3O5S/c1-6(2)8-4-7(3)5-9(10(8)11(16)17)20-21(18,19)12(13,14)15/h4-6H,1-3H3,(H,16,17). The summed E-state index contributed by atoms with van der Waals surface area (Å²) in [6.07, 6.45) is 0.